The van der Waals surface area contributed by atoms with Crippen LogP contribution >= 0.6 is 11.6 Å². The third-order valence-electron chi connectivity index (χ3n) is 3.00. The van der Waals surface area contributed by atoms with Gasteiger partial charge in [0.15, 0.2) is 0 Å². The molecule has 0 radical (unpaired) electrons. The number of hydrogen-bond acceptors (Lipinski definition) is 5. The molecule has 0 aliphatic rings. The number of aromatic nitrogens is 1. The Balaban J connectivity index is 2.00. The molecule has 7 nitrogen and oxygen atoms in total. The van der Waals surface area contributed by atoms with Gasteiger partial charge in [-0.15, -0.1) is 0 Å². The monoisotopic (exact) mass is 347 g/mol. The zero-order valence-corrected chi connectivity index (χ0v) is 13.5. The third kappa shape index (κ3) is 4.53. The van der Waals surface area contributed by atoms with Crippen molar-refractivity contribution in [1.82, 2.24) is 10.3 Å². The van der Waals surface area contributed by atoms with Gasteiger partial charge in [0, 0.05) is 6.20 Å². The van der Waals surface area contributed by atoms with E-state index in [1.807, 2.05) is 0 Å². The number of carbonyl (C=O) groups is 3. The lowest BCUT2D eigenvalue weighted by molar-refractivity contribution is -0.136. The maximum atomic E-state index is 11.9. The van der Waals surface area contributed by atoms with Crippen molar-refractivity contribution in [1.29, 1.82) is 0 Å². The highest BCUT2D eigenvalue weighted by molar-refractivity contribution is 6.41. The zero-order valence-electron chi connectivity index (χ0n) is 12.7. The molecule has 0 aliphatic carbocycles. The molecule has 2 rings (SSSR count). The molecule has 1 aromatic carbocycles. The summed E-state index contributed by atoms with van der Waals surface area (Å²) >= 11 is 5.96. The number of nitrogens with one attached hydrogen (secondary N) is 2. The lowest BCUT2D eigenvalue weighted by Gasteiger charge is -2.09. The number of amides is 2. The number of methoxy groups -OCH3 is 1. The molecule has 0 bridgehead atoms. The molecule has 0 fully saturated rings. The lowest BCUT2D eigenvalue weighted by atomic mass is 10.2. The first kappa shape index (κ1) is 17.4. The molecule has 0 saturated carbocycles. The smallest absolute Gasteiger partial charge is 0.337 e. The number of carbonyl (C=O) groups excluding carboxylic acids is 3. The second kappa shape index (κ2) is 8.07. The molecule has 8 heteroatoms. The first-order valence-electron chi connectivity index (χ1n) is 6.88. The minimum Gasteiger partial charge on any atom is -0.465 e. The average Bonchev–Trinajstić information content (AvgIpc) is 2.61. The number of anilines is 1. The first-order chi connectivity index (χ1) is 11.5. The van der Waals surface area contributed by atoms with E-state index in [2.05, 4.69) is 20.4 Å². The van der Waals surface area contributed by atoms with Crippen LogP contribution in [0.1, 0.15) is 16.1 Å². The van der Waals surface area contributed by atoms with Crippen LogP contribution in [0.15, 0.2) is 42.6 Å². The molecule has 1 aromatic heterocycles. The van der Waals surface area contributed by atoms with Crippen LogP contribution in [0.4, 0.5) is 5.69 Å². The first-order valence-corrected chi connectivity index (χ1v) is 7.26. The Hall–Kier alpha value is -2.93. The standard InChI is InChI=1S/C16H14ClN3O4/c1-24-16(23)10-5-6-12(17)13(8-10)20-15(22)14(21)19-9-11-4-2-3-7-18-11/h2-8H,9H2,1H3,(H,19,21)(H,20,22). The van der Waals surface area contributed by atoms with E-state index in [4.69, 9.17) is 11.6 Å². The van der Waals surface area contributed by atoms with Gasteiger partial charge in [0.1, 0.15) is 0 Å². The van der Waals surface area contributed by atoms with Crippen LogP contribution in [-0.2, 0) is 20.9 Å². The fourth-order valence-electron chi connectivity index (χ4n) is 1.80. The fourth-order valence-corrected chi connectivity index (χ4v) is 1.96. The van der Waals surface area contributed by atoms with E-state index in [1.165, 1.54) is 25.3 Å². The SMILES string of the molecule is COC(=O)c1ccc(Cl)c(NC(=O)C(=O)NCc2ccccn2)c1. The van der Waals surface area contributed by atoms with Crippen LogP contribution in [0.25, 0.3) is 0 Å². The van der Waals surface area contributed by atoms with Gasteiger partial charge >= 0.3 is 17.8 Å². The Morgan fingerprint density at radius 3 is 2.62 bits per heavy atom. The second-order valence-corrected chi connectivity index (χ2v) is 5.05. The number of halogens is 1. The zero-order chi connectivity index (χ0) is 17.5. The maximum Gasteiger partial charge on any atom is 0.337 e. The largest absolute Gasteiger partial charge is 0.465 e. The van der Waals surface area contributed by atoms with Gasteiger partial charge < -0.3 is 15.4 Å². The van der Waals surface area contributed by atoms with E-state index in [0.717, 1.165) is 0 Å². The summed E-state index contributed by atoms with van der Waals surface area (Å²) in [7, 11) is 1.24. The average molecular weight is 348 g/mol. The van der Waals surface area contributed by atoms with E-state index in [1.54, 1.807) is 24.4 Å². The molecule has 2 N–H and O–H groups in total. The van der Waals surface area contributed by atoms with E-state index < -0.39 is 17.8 Å². The molecule has 0 saturated heterocycles. The molecule has 0 spiro atoms. The minimum atomic E-state index is -0.908. The Morgan fingerprint density at radius 2 is 1.96 bits per heavy atom. The van der Waals surface area contributed by atoms with Crippen LogP contribution in [0.5, 0.6) is 0 Å². The highest BCUT2D eigenvalue weighted by Gasteiger charge is 2.16. The van der Waals surface area contributed by atoms with Gasteiger partial charge in [-0.3, -0.25) is 14.6 Å². The summed E-state index contributed by atoms with van der Waals surface area (Å²) in [6.07, 6.45) is 1.58. The van der Waals surface area contributed by atoms with Gasteiger partial charge in [0.2, 0.25) is 0 Å². The van der Waals surface area contributed by atoms with Crippen molar-refractivity contribution in [2.45, 2.75) is 6.54 Å². The Morgan fingerprint density at radius 1 is 1.17 bits per heavy atom. The van der Waals surface area contributed by atoms with Crippen LogP contribution < -0.4 is 10.6 Å². The third-order valence-corrected chi connectivity index (χ3v) is 3.33. The van der Waals surface area contributed by atoms with Crippen LogP contribution in [0, 0.1) is 0 Å². The second-order valence-electron chi connectivity index (χ2n) is 4.64. The van der Waals surface area contributed by atoms with E-state index in [9.17, 15) is 14.4 Å². The summed E-state index contributed by atoms with van der Waals surface area (Å²) in [4.78, 5) is 39.3. The number of rotatable bonds is 4. The number of pyridine rings is 1. The molecule has 124 valence electrons. The Labute approximate surface area is 143 Å². The van der Waals surface area contributed by atoms with Gasteiger partial charge in [0.05, 0.1) is 35.6 Å². The molecule has 0 aliphatic heterocycles. The molecule has 0 unspecified atom stereocenters. The fraction of sp³-hybridized carbons (Fsp3) is 0.125. The summed E-state index contributed by atoms with van der Waals surface area (Å²) in [5.41, 5.74) is 0.952. The number of ether oxygens (including phenoxy) is 1. The molecular weight excluding hydrogens is 334 g/mol. The molecule has 2 aromatic rings. The summed E-state index contributed by atoms with van der Waals surface area (Å²) in [5.74, 6) is -2.34. The normalized spacial score (nSPS) is 9.92. The van der Waals surface area contributed by atoms with Crippen molar-refractivity contribution in [3.05, 3.63) is 58.9 Å². The molecule has 0 atom stereocenters. The molecule has 24 heavy (non-hydrogen) atoms. The number of benzene rings is 1. The van der Waals surface area contributed by atoms with Crippen LogP contribution in [0.2, 0.25) is 5.02 Å². The van der Waals surface area contributed by atoms with Crippen molar-refractivity contribution in [2.24, 2.45) is 0 Å². The highest BCUT2D eigenvalue weighted by Crippen LogP contribution is 2.23. The van der Waals surface area contributed by atoms with Gasteiger partial charge in [-0.1, -0.05) is 17.7 Å². The minimum absolute atomic E-state index is 0.114. The topological polar surface area (TPSA) is 97.4 Å². The summed E-state index contributed by atoms with van der Waals surface area (Å²) < 4.78 is 4.59. The van der Waals surface area contributed by atoms with Crippen molar-refractivity contribution in [3.63, 3.8) is 0 Å². The van der Waals surface area contributed by atoms with Crippen molar-refractivity contribution in [2.75, 3.05) is 12.4 Å². The van der Waals surface area contributed by atoms with Crippen LogP contribution in [0.3, 0.4) is 0 Å². The van der Waals surface area contributed by atoms with E-state index in [0.29, 0.717) is 5.69 Å². The number of nitrogens with zero attached hydrogens (tertiary/aromatic N) is 1. The van der Waals surface area contributed by atoms with Gasteiger partial charge in [-0.2, -0.15) is 0 Å². The summed E-state index contributed by atoms with van der Waals surface area (Å²) in [6, 6.07) is 9.44. The Bertz CT molecular complexity index is 765. The predicted molar refractivity (Wildman–Crippen MR) is 87.5 cm³/mol. The van der Waals surface area contributed by atoms with Crippen molar-refractivity contribution in [3.8, 4) is 0 Å². The highest BCUT2D eigenvalue weighted by atomic mass is 35.5. The molecule has 2 amide bonds. The Kier molecular flexibility index (Phi) is 5.86. The number of hydrogen-bond donors (Lipinski definition) is 2. The quantitative estimate of drug-likeness (QED) is 0.649. The number of esters is 1. The van der Waals surface area contributed by atoms with E-state index >= 15 is 0 Å². The predicted octanol–water partition coefficient (Wildman–Crippen LogP) is 1.78. The van der Waals surface area contributed by atoms with E-state index in [-0.39, 0.29) is 22.8 Å². The van der Waals surface area contributed by atoms with Gasteiger partial charge in [-0.25, -0.2) is 4.79 Å². The maximum absolute atomic E-state index is 11.9. The van der Waals surface area contributed by atoms with Crippen molar-refractivity contribution >= 4 is 35.1 Å². The summed E-state index contributed by atoms with van der Waals surface area (Å²) in [5, 5.41) is 4.98. The molecular formula is C16H14ClN3O4. The summed E-state index contributed by atoms with van der Waals surface area (Å²) in [6.45, 7) is 0.114. The van der Waals surface area contributed by atoms with Crippen LogP contribution in [-0.4, -0.2) is 29.9 Å². The lowest BCUT2D eigenvalue weighted by Crippen LogP contribution is -2.35. The van der Waals surface area contributed by atoms with Crippen molar-refractivity contribution < 1.29 is 19.1 Å². The molecule has 1 heterocycles. The van der Waals surface area contributed by atoms with Gasteiger partial charge in [-0.05, 0) is 30.3 Å². The van der Waals surface area contributed by atoms with Gasteiger partial charge in [0.25, 0.3) is 0 Å².